The summed E-state index contributed by atoms with van der Waals surface area (Å²) in [5.41, 5.74) is 2.12. The lowest BCUT2D eigenvalue weighted by molar-refractivity contribution is -0.125. The van der Waals surface area contributed by atoms with Crippen LogP contribution < -0.4 is 20.1 Å². The van der Waals surface area contributed by atoms with Crippen molar-refractivity contribution in [1.29, 1.82) is 0 Å². The molecule has 0 radical (unpaired) electrons. The number of benzene rings is 2. The fourth-order valence-electron chi connectivity index (χ4n) is 2.92. The van der Waals surface area contributed by atoms with E-state index in [1.54, 1.807) is 42.5 Å². The predicted octanol–water partition coefficient (Wildman–Crippen LogP) is 2.12. The second-order valence-electron chi connectivity index (χ2n) is 6.27. The number of amides is 4. The van der Waals surface area contributed by atoms with Crippen LogP contribution in [-0.4, -0.2) is 36.1 Å². The Morgan fingerprint density at radius 2 is 2.00 bits per heavy atom. The summed E-state index contributed by atoms with van der Waals surface area (Å²) in [5, 5.41) is 5.24. The van der Waals surface area contributed by atoms with Crippen molar-refractivity contribution in [3.63, 3.8) is 0 Å². The average molecular weight is 379 g/mol. The number of anilines is 1. The molecular formula is C20H17N3O5. The van der Waals surface area contributed by atoms with E-state index in [-0.39, 0.29) is 31.7 Å². The molecular weight excluding hydrogens is 362 g/mol. The van der Waals surface area contributed by atoms with Crippen LogP contribution in [-0.2, 0) is 16.1 Å². The highest BCUT2D eigenvalue weighted by Crippen LogP contribution is 2.32. The quantitative estimate of drug-likeness (QED) is 0.613. The van der Waals surface area contributed by atoms with Crippen molar-refractivity contribution in [3.05, 3.63) is 59.7 Å². The van der Waals surface area contributed by atoms with Gasteiger partial charge in [-0.15, -0.1) is 0 Å². The maximum Gasteiger partial charge on any atom is 0.324 e. The SMILES string of the molecule is O=C(/C=C/c1ccc2c(c1)OCO2)Nc1cccc(CN2C(=O)CNC2=O)c1. The monoisotopic (exact) mass is 379 g/mol. The predicted molar refractivity (Wildman–Crippen MR) is 101 cm³/mol. The summed E-state index contributed by atoms with van der Waals surface area (Å²) in [6.45, 7) is 0.366. The Labute approximate surface area is 160 Å². The van der Waals surface area contributed by atoms with Crippen molar-refractivity contribution in [2.75, 3.05) is 18.7 Å². The van der Waals surface area contributed by atoms with Crippen LogP contribution in [0.1, 0.15) is 11.1 Å². The van der Waals surface area contributed by atoms with Gasteiger partial charge in [0.25, 0.3) is 0 Å². The second-order valence-corrected chi connectivity index (χ2v) is 6.27. The first kappa shape index (κ1) is 17.6. The first-order valence-electron chi connectivity index (χ1n) is 8.64. The maximum absolute atomic E-state index is 12.2. The van der Waals surface area contributed by atoms with E-state index in [0.717, 1.165) is 16.0 Å². The first-order valence-corrected chi connectivity index (χ1v) is 8.64. The molecule has 0 aromatic heterocycles. The summed E-state index contributed by atoms with van der Waals surface area (Å²) in [6.07, 6.45) is 3.09. The van der Waals surface area contributed by atoms with Crippen molar-refractivity contribution >= 4 is 29.6 Å². The van der Waals surface area contributed by atoms with E-state index in [9.17, 15) is 14.4 Å². The van der Waals surface area contributed by atoms with E-state index < -0.39 is 6.03 Å². The molecule has 0 saturated carbocycles. The Balaban J connectivity index is 1.39. The zero-order valence-electron chi connectivity index (χ0n) is 14.8. The van der Waals surface area contributed by atoms with E-state index in [1.165, 1.54) is 6.08 Å². The van der Waals surface area contributed by atoms with Crippen LogP contribution in [0.25, 0.3) is 6.08 Å². The van der Waals surface area contributed by atoms with Crippen LogP contribution in [0.15, 0.2) is 48.5 Å². The van der Waals surface area contributed by atoms with Gasteiger partial charge in [-0.3, -0.25) is 14.5 Å². The number of nitrogens with one attached hydrogen (secondary N) is 2. The van der Waals surface area contributed by atoms with Gasteiger partial charge in [-0.2, -0.15) is 0 Å². The Morgan fingerprint density at radius 3 is 2.82 bits per heavy atom. The highest BCUT2D eigenvalue weighted by Gasteiger charge is 2.28. The van der Waals surface area contributed by atoms with Gasteiger partial charge in [0.1, 0.15) is 0 Å². The molecule has 2 aliphatic heterocycles. The van der Waals surface area contributed by atoms with Crippen LogP contribution >= 0.6 is 0 Å². The molecule has 0 bridgehead atoms. The maximum atomic E-state index is 12.2. The molecule has 2 N–H and O–H groups in total. The Kier molecular flexibility index (Phi) is 4.67. The zero-order valence-corrected chi connectivity index (χ0v) is 14.8. The van der Waals surface area contributed by atoms with Gasteiger partial charge in [-0.1, -0.05) is 18.2 Å². The highest BCUT2D eigenvalue weighted by molar-refractivity contribution is 6.02. The van der Waals surface area contributed by atoms with Crippen molar-refractivity contribution < 1.29 is 23.9 Å². The highest BCUT2D eigenvalue weighted by atomic mass is 16.7. The smallest absolute Gasteiger partial charge is 0.324 e. The standard InChI is InChI=1S/C20H17N3O5/c24-18(7-5-13-4-6-16-17(9-13)28-12-27-16)22-15-3-1-2-14(8-15)11-23-19(25)10-21-20(23)26/h1-9H,10-12H2,(H,21,26)(H,22,24)/b7-5+. The molecule has 2 aromatic carbocycles. The number of carbonyl (C=O) groups excluding carboxylic acids is 3. The summed E-state index contributed by atoms with van der Waals surface area (Å²) >= 11 is 0. The lowest BCUT2D eigenvalue weighted by Gasteiger charge is -2.13. The third-order valence-electron chi connectivity index (χ3n) is 4.30. The summed E-state index contributed by atoms with van der Waals surface area (Å²) in [7, 11) is 0. The van der Waals surface area contributed by atoms with Gasteiger partial charge in [-0.25, -0.2) is 4.79 Å². The van der Waals surface area contributed by atoms with Gasteiger partial charge in [0.05, 0.1) is 13.1 Å². The lowest BCUT2D eigenvalue weighted by atomic mass is 10.1. The number of imide groups is 1. The van der Waals surface area contributed by atoms with Crippen LogP contribution in [0.4, 0.5) is 10.5 Å². The van der Waals surface area contributed by atoms with Gasteiger partial charge < -0.3 is 20.1 Å². The number of hydrogen-bond donors (Lipinski definition) is 2. The Bertz CT molecular complexity index is 970. The average Bonchev–Trinajstić information content (AvgIpc) is 3.28. The molecule has 8 nitrogen and oxygen atoms in total. The molecule has 1 fully saturated rings. The molecule has 0 spiro atoms. The Morgan fingerprint density at radius 1 is 1.14 bits per heavy atom. The van der Waals surface area contributed by atoms with Gasteiger partial charge >= 0.3 is 6.03 Å². The number of rotatable bonds is 5. The number of fused-ring (bicyclic) bond motifs is 1. The molecule has 2 heterocycles. The summed E-state index contributed by atoms with van der Waals surface area (Å²) < 4.78 is 10.6. The number of urea groups is 1. The topological polar surface area (TPSA) is 97.0 Å². The second kappa shape index (κ2) is 7.43. The molecule has 4 rings (SSSR count). The normalized spacial score (nSPS) is 15.2. The fourth-order valence-corrected chi connectivity index (χ4v) is 2.92. The van der Waals surface area contributed by atoms with Crippen LogP contribution in [0.2, 0.25) is 0 Å². The van der Waals surface area contributed by atoms with Gasteiger partial charge in [0, 0.05) is 11.8 Å². The van der Waals surface area contributed by atoms with Crippen LogP contribution in [0, 0.1) is 0 Å². The van der Waals surface area contributed by atoms with E-state index in [0.29, 0.717) is 17.2 Å². The number of ether oxygens (including phenoxy) is 2. The largest absolute Gasteiger partial charge is 0.454 e. The molecule has 1 saturated heterocycles. The molecule has 4 amide bonds. The van der Waals surface area contributed by atoms with E-state index in [4.69, 9.17) is 9.47 Å². The minimum atomic E-state index is -0.411. The number of carbonyl (C=O) groups is 3. The number of nitrogens with zero attached hydrogens (tertiary/aromatic N) is 1. The molecule has 2 aliphatic rings. The van der Waals surface area contributed by atoms with E-state index in [2.05, 4.69) is 10.6 Å². The molecule has 2 aromatic rings. The molecule has 8 heteroatoms. The van der Waals surface area contributed by atoms with E-state index >= 15 is 0 Å². The first-order chi connectivity index (χ1) is 13.6. The van der Waals surface area contributed by atoms with Gasteiger partial charge in [-0.05, 0) is 41.5 Å². The summed E-state index contributed by atoms with van der Waals surface area (Å²) in [4.78, 5) is 36.7. The molecule has 0 unspecified atom stereocenters. The zero-order chi connectivity index (χ0) is 19.5. The summed E-state index contributed by atoms with van der Waals surface area (Å²) in [6, 6.07) is 12.0. The minimum absolute atomic E-state index is 0.0138. The summed E-state index contributed by atoms with van der Waals surface area (Å²) in [5.74, 6) is 0.759. The van der Waals surface area contributed by atoms with Crippen LogP contribution in [0.3, 0.4) is 0 Å². The molecule has 142 valence electrons. The minimum Gasteiger partial charge on any atom is -0.454 e. The Hall–Kier alpha value is -3.81. The van der Waals surface area contributed by atoms with Crippen molar-refractivity contribution in [2.24, 2.45) is 0 Å². The third-order valence-corrected chi connectivity index (χ3v) is 4.30. The van der Waals surface area contributed by atoms with Crippen molar-refractivity contribution in [1.82, 2.24) is 10.2 Å². The van der Waals surface area contributed by atoms with Gasteiger partial charge in [0.2, 0.25) is 18.6 Å². The fraction of sp³-hybridized carbons (Fsp3) is 0.150. The van der Waals surface area contributed by atoms with Crippen molar-refractivity contribution in [3.8, 4) is 11.5 Å². The molecule has 0 aliphatic carbocycles. The van der Waals surface area contributed by atoms with Gasteiger partial charge in [0.15, 0.2) is 11.5 Å². The third kappa shape index (κ3) is 3.80. The molecule has 28 heavy (non-hydrogen) atoms. The van der Waals surface area contributed by atoms with Crippen molar-refractivity contribution in [2.45, 2.75) is 6.54 Å². The van der Waals surface area contributed by atoms with Crippen LogP contribution in [0.5, 0.6) is 11.5 Å². The number of hydrogen-bond acceptors (Lipinski definition) is 5. The molecule has 0 atom stereocenters. The lowest BCUT2D eigenvalue weighted by Crippen LogP contribution is -2.30. The van der Waals surface area contributed by atoms with E-state index in [1.807, 2.05) is 6.07 Å².